The summed E-state index contributed by atoms with van der Waals surface area (Å²) in [5.74, 6) is 1.18. The number of nitrogens with two attached hydrogens (primary N) is 2. The van der Waals surface area contributed by atoms with E-state index in [2.05, 4.69) is 5.10 Å². The maximum atomic E-state index is 11.9. The SMILES string of the molecule is Cn1nc(N2CCC(CN)CC2)c(S(C)(=O)=O)c1N. The van der Waals surface area contributed by atoms with Gasteiger partial charge in [-0.1, -0.05) is 0 Å². The molecule has 7 nitrogen and oxygen atoms in total. The number of hydrogen-bond donors (Lipinski definition) is 2. The van der Waals surface area contributed by atoms with Gasteiger partial charge in [-0.3, -0.25) is 0 Å². The average Bonchev–Trinajstić information content (AvgIpc) is 2.65. The molecule has 0 amide bonds. The maximum Gasteiger partial charge on any atom is 0.182 e. The van der Waals surface area contributed by atoms with Gasteiger partial charge in [-0.05, 0) is 25.3 Å². The van der Waals surface area contributed by atoms with Crippen molar-refractivity contribution in [2.24, 2.45) is 18.7 Å². The second-order valence-corrected chi connectivity index (χ2v) is 7.05. The van der Waals surface area contributed by atoms with Crippen molar-refractivity contribution in [1.82, 2.24) is 9.78 Å². The van der Waals surface area contributed by atoms with Gasteiger partial charge in [-0.2, -0.15) is 5.10 Å². The molecular weight excluding hydrogens is 266 g/mol. The highest BCUT2D eigenvalue weighted by Crippen LogP contribution is 2.31. The summed E-state index contributed by atoms with van der Waals surface area (Å²) in [4.78, 5) is 2.13. The Morgan fingerprint density at radius 3 is 2.42 bits per heavy atom. The number of aryl methyl sites for hydroxylation is 1. The van der Waals surface area contributed by atoms with Crippen LogP contribution in [0.3, 0.4) is 0 Å². The van der Waals surface area contributed by atoms with Crippen LogP contribution >= 0.6 is 0 Å². The molecule has 2 heterocycles. The molecule has 108 valence electrons. The molecule has 0 saturated carbocycles. The Balaban J connectivity index is 2.34. The monoisotopic (exact) mass is 287 g/mol. The van der Waals surface area contributed by atoms with Gasteiger partial charge >= 0.3 is 0 Å². The highest BCUT2D eigenvalue weighted by atomic mass is 32.2. The maximum absolute atomic E-state index is 11.9. The molecule has 0 aromatic carbocycles. The van der Waals surface area contributed by atoms with E-state index in [9.17, 15) is 8.42 Å². The van der Waals surface area contributed by atoms with Crippen LogP contribution in [-0.2, 0) is 16.9 Å². The van der Waals surface area contributed by atoms with Gasteiger partial charge in [0.15, 0.2) is 20.6 Å². The van der Waals surface area contributed by atoms with E-state index < -0.39 is 9.84 Å². The average molecular weight is 287 g/mol. The van der Waals surface area contributed by atoms with Crippen LogP contribution < -0.4 is 16.4 Å². The van der Waals surface area contributed by atoms with Gasteiger partial charge < -0.3 is 16.4 Å². The van der Waals surface area contributed by atoms with Crippen LogP contribution in [0, 0.1) is 5.92 Å². The summed E-state index contributed by atoms with van der Waals surface area (Å²) >= 11 is 0. The van der Waals surface area contributed by atoms with Crippen LogP contribution in [0.1, 0.15) is 12.8 Å². The molecular formula is C11H21N5O2S. The summed E-state index contributed by atoms with van der Waals surface area (Å²) in [7, 11) is -1.73. The third-order valence-electron chi connectivity index (χ3n) is 3.65. The molecule has 1 aromatic rings. The minimum atomic E-state index is -3.39. The van der Waals surface area contributed by atoms with Crippen LogP contribution in [0.25, 0.3) is 0 Å². The van der Waals surface area contributed by atoms with Gasteiger partial charge in [0.1, 0.15) is 5.82 Å². The minimum absolute atomic E-state index is 0.140. The van der Waals surface area contributed by atoms with E-state index in [4.69, 9.17) is 11.5 Å². The molecule has 1 aliphatic rings. The van der Waals surface area contributed by atoms with Crippen molar-refractivity contribution in [1.29, 1.82) is 0 Å². The van der Waals surface area contributed by atoms with Gasteiger partial charge in [0.2, 0.25) is 0 Å². The van der Waals surface area contributed by atoms with Gasteiger partial charge in [0.05, 0.1) is 0 Å². The summed E-state index contributed by atoms with van der Waals surface area (Å²) in [6.45, 7) is 2.21. The first-order chi connectivity index (χ1) is 8.84. The normalized spacial score (nSPS) is 17.9. The fourth-order valence-electron chi connectivity index (χ4n) is 2.45. The van der Waals surface area contributed by atoms with Crippen LogP contribution in [-0.4, -0.2) is 44.1 Å². The van der Waals surface area contributed by atoms with E-state index in [0.29, 0.717) is 18.3 Å². The largest absolute Gasteiger partial charge is 0.383 e. The van der Waals surface area contributed by atoms with Gasteiger partial charge in [-0.15, -0.1) is 0 Å². The highest BCUT2D eigenvalue weighted by Gasteiger charge is 2.29. The van der Waals surface area contributed by atoms with Crippen molar-refractivity contribution in [3.63, 3.8) is 0 Å². The molecule has 19 heavy (non-hydrogen) atoms. The quantitative estimate of drug-likeness (QED) is 0.782. The van der Waals surface area contributed by atoms with Crippen molar-refractivity contribution in [3.05, 3.63) is 0 Å². The van der Waals surface area contributed by atoms with Crippen molar-refractivity contribution in [3.8, 4) is 0 Å². The lowest BCUT2D eigenvalue weighted by Crippen LogP contribution is -2.37. The molecule has 0 bridgehead atoms. The van der Waals surface area contributed by atoms with Crippen molar-refractivity contribution in [2.75, 3.05) is 36.5 Å². The number of anilines is 2. The zero-order chi connectivity index (χ0) is 14.2. The van der Waals surface area contributed by atoms with E-state index in [1.807, 2.05) is 4.90 Å². The predicted molar refractivity (Wildman–Crippen MR) is 74.7 cm³/mol. The Hall–Kier alpha value is -1.28. The number of nitrogen functional groups attached to an aromatic ring is 1. The number of sulfone groups is 1. The summed E-state index contributed by atoms with van der Waals surface area (Å²) < 4.78 is 25.2. The van der Waals surface area contributed by atoms with E-state index in [1.54, 1.807) is 7.05 Å². The summed E-state index contributed by atoms with van der Waals surface area (Å²) in [5, 5.41) is 4.26. The molecule has 0 radical (unpaired) electrons. The number of rotatable bonds is 3. The first kappa shape index (κ1) is 14.1. The predicted octanol–water partition coefficient (Wildman–Crippen LogP) is -0.419. The Labute approximate surface area is 113 Å². The van der Waals surface area contributed by atoms with Crippen molar-refractivity contribution < 1.29 is 8.42 Å². The Morgan fingerprint density at radius 2 is 1.95 bits per heavy atom. The Morgan fingerprint density at radius 1 is 1.37 bits per heavy atom. The molecule has 1 aliphatic heterocycles. The van der Waals surface area contributed by atoms with E-state index in [-0.39, 0.29) is 10.7 Å². The van der Waals surface area contributed by atoms with E-state index in [1.165, 1.54) is 4.68 Å². The standard InChI is InChI=1S/C11H21N5O2S/c1-15-10(13)9(19(2,17)18)11(14-15)16-5-3-8(7-12)4-6-16/h8H,3-7,12-13H2,1-2H3. The third kappa shape index (κ3) is 2.69. The highest BCUT2D eigenvalue weighted by molar-refractivity contribution is 7.91. The molecule has 0 aliphatic carbocycles. The van der Waals surface area contributed by atoms with Crippen molar-refractivity contribution >= 4 is 21.5 Å². The molecule has 0 unspecified atom stereocenters. The number of nitrogens with zero attached hydrogens (tertiary/aromatic N) is 3. The second-order valence-electron chi connectivity index (χ2n) is 5.10. The molecule has 8 heteroatoms. The van der Waals surface area contributed by atoms with E-state index in [0.717, 1.165) is 32.2 Å². The van der Waals surface area contributed by atoms with Crippen LogP contribution in [0.2, 0.25) is 0 Å². The van der Waals surface area contributed by atoms with Crippen LogP contribution in [0.4, 0.5) is 11.6 Å². The number of piperidine rings is 1. The second kappa shape index (κ2) is 5.01. The lowest BCUT2D eigenvalue weighted by molar-refractivity contribution is 0.411. The van der Waals surface area contributed by atoms with Crippen molar-refractivity contribution in [2.45, 2.75) is 17.7 Å². The first-order valence-corrected chi connectivity index (χ1v) is 8.21. The smallest absolute Gasteiger partial charge is 0.182 e. The minimum Gasteiger partial charge on any atom is -0.383 e. The summed E-state index contributed by atoms with van der Waals surface area (Å²) in [5.41, 5.74) is 11.5. The lowest BCUT2D eigenvalue weighted by Gasteiger charge is -2.31. The van der Waals surface area contributed by atoms with E-state index >= 15 is 0 Å². The molecule has 1 fully saturated rings. The molecule has 4 N–H and O–H groups in total. The fourth-order valence-corrected chi connectivity index (χ4v) is 3.46. The van der Waals surface area contributed by atoms with Crippen LogP contribution in [0.15, 0.2) is 4.90 Å². The number of aromatic nitrogens is 2. The zero-order valence-electron chi connectivity index (χ0n) is 11.3. The topological polar surface area (TPSA) is 107 Å². The molecule has 0 atom stereocenters. The Bertz CT molecular complexity index is 558. The summed E-state index contributed by atoms with van der Waals surface area (Å²) in [6.07, 6.45) is 3.07. The van der Waals surface area contributed by atoms with Gasteiger partial charge in [0, 0.05) is 26.4 Å². The Kier molecular flexibility index (Phi) is 3.73. The lowest BCUT2D eigenvalue weighted by atomic mass is 9.97. The molecule has 2 rings (SSSR count). The van der Waals surface area contributed by atoms with Crippen LogP contribution in [0.5, 0.6) is 0 Å². The molecule has 0 spiro atoms. The summed E-state index contributed by atoms with van der Waals surface area (Å²) in [6, 6.07) is 0. The third-order valence-corrected chi connectivity index (χ3v) is 4.78. The van der Waals surface area contributed by atoms with Gasteiger partial charge in [0.25, 0.3) is 0 Å². The first-order valence-electron chi connectivity index (χ1n) is 6.32. The molecule has 1 saturated heterocycles. The van der Waals surface area contributed by atoms with Gasteiger partial charge in [-0.25, -0.2) is 13.1 Å². The zero-order valence-corrected chi connectivity index (χ0v) is 12.2. The number of hydrogen-bond acceptors (Lipinski definition) is 6. The fraction of sp³-hybridized carbons (Fsp3) is 0.727. The molecule has 1 aromatic heterocycles.